The van der Waals surface area contributed by atoms with Crippen molar-refractivity contribution < 1.29 is 13.9 Å². The van der Waals surface area contributed by atoms with E-state index in [0.29, 0.717) is 18.2 Å². The van der Waals surface area contributed by atoms with Gasteiger partial charge >= 0.3 is 0 Å². The summed E-state index contributed by atoms with van der Waals surface area (Å²) >= 11 is 6.26. The van der Waals surface area contributed by atoms with E-state index in [1.54, 1.807) is 13.1 Å². The van der Waals surface area contributed by atoms with Crippen molar-refractivity contribution in [3.8, 4) is 0 Å². The van der Waals surface area contributed by atoms with Gasteiger partial charge in [0, 0.05) is 43.7 Å². The van der Waals surface area contributed by atoms with Crippen molar-refractivity contribution in [1.29, 1.82) is 0 Å². The van der Waals surface area contributed by atoms with E-state index in [1.165, 1.54) is 12.1 Å². The van der Waals surface area contributed by atoms with Crippen molar-refractivity contribution in [2.75, 3.05) is 39.9 Å². The van der Waals surface area contributed by atoms with E-state index in [1.807, 2.05) is 0 Å². The molecule has 2 aliphatic heterocycles. The van der Waals surface area contributed by atoms with Gasteiger partial charge in [-0.2, -0.15) is 0 Å². The van der Waals surface area contributed by atoms with Crippen molar-refractivity contribution >= 4 is 17.6 Å². The Kier molecular flexibility index (Phi) is 6.61. The number of nitrogens with one attached hydrogen (secondary N) is 1. The zero-order valence-electron chi connectivity index (χ0n) is 16.3. The molecule has 7 heteroatoms. The average Bonchev–Trinajstić information content (AvgIpc) is 3.17. The van der Waals surface area contributed by atoms with Gasteiger partial charge in [-0.1, -0.05) is 31.5 Å². The van der Waals surface area contributed by atoms with Crippen LogP contribution < -0.4 is 5.32 Å². The Bertz CT molecular complexity index is 677. The van der Waals surface area contributed by atoms with Crippen LogP contribution in [0.3, 0.4) is 0 Å². The molecule has 27 heavy (non-hydrogen) atoms. The number of ether oxygens (including phenoxy) is 2. The van der Waals surface area contributed by atoms with Gasteiger partial charge in [0.25, 0.3) is 0 Å². The van der Waals surface area contributed by atoms with Crippen LogP contribution in [0.1, 0.15) is 32.3 Å². The molecule has 1 aromatic rings. The minimum absolute atomic E-state index is 0.0827. The lowest BCUT2D eigenvalue weighted by atomic mass is 9.84. The minimum Gasteiger partial charge on any atom is -0.375 e. The third-order valence-corrected chi connectivity index (χ3v) is 5.65. The number of morpholine rings is 1. The number of guanidine groups is 1. The van der Waals surface area contributed by atoms with Crippen LogP contribution in [0, 0.1) is 5.82 Å². The van der Waals surface area contributed by atoms with Crippen molar-refractivity contribution in [3.05, 3.63) is 34.6 Å². The first-order chi connectivity index (χ1) is 12.9. The molecule has 2 aliphatic rings. The molecule has 0 bridgehead atoms. The second kappa shape index (κ2) is 8.76. The van der Waals surface area contributed by atoms with Gasteiger partial charge in [-0.3, -0.25) is 4.99 Å². The second-order valence-electron chi connectivity index (χ2n) is 7.82. The first-order valence-electron chi connectivity index (χ1n) is 9.55. The van der Waals surface area contributed by atoms with Gasteiger partial charge in [0.2, 0.25) is 0 Å². The van der Waals surface area contributed by atoms with Crippen molar-refractivity contribution in [2.24, 2.45) is 4.99 Å². The molecule has 0 spiro atoms. The molecule has 0 aromatic heterocycles. The maximum absolute atomic E-state index is 13.4. The molecule has 2 saturated heterocycles. The molecule has 2 atom stereocenters. The monoisotopic (exact) mass is 397 g/mol. The van der Waals surface area contributed by atoms with Gasteiger partial charge in [-0.15, -0.1) is 0 Å². The van der Waals surface area contributed by atoms with E-state index in [-0.39, 0.29) is 23.4 Å². The number of hydrogen-bond donors (Lipinski definition) is 1. The average molecular weight is 398 g/mol. The number of nitrogens with zero attached hydrogens (tertiary/aromatic N) is 2. The van der Waals surface area contributed by atoms with Gasteiger partial charge in [-0.05, 0) is 30.5 Å². The highest BCUT2D eigenvalue weighted by molar-refractivity contribution is 6.31. The number of hydrogen-bond acceptors (Lipinski definition) is 3. The molecule has 2 unspecified atom stereocenters. The number of aliphatic imine (C=N–C) groups is 1. The maximum Gasteiger partial charge on any atom is 0.193 e. The Morgan fingerprint density at radius 2 is 2.11 bits per heavy atom. The lowest BCUT2D eigenvalue weighted by Gasteiger charge is -2.38. The number of benzene rings is 1. The molecule has 2 fully saturated rings. The van der Waals surface area contributed by atoms with Crippen LogP contribution in [-0.2, 0) is 14.9 Å². The van der Waals surface area contributed by atoms with Crippen LogP contribution in [0.25, 0.3) is 0 Å². The lowest BCUT2D eigenvalue weighted by molar-refractivity contribution is -0.0817. The topological polar surface area (TPSA) is 46.1 Å². The first-order valence-corrected chi connectivity index (χ1v) is 9.93. The number of halogens is 2. The number of rotatable bonds is 4. The zero-order valence-corrected chi connectivity index (χ0v) is 17.1. The molecule has 0 radical (unpaired) electrons. The van der Waals surface area contributed by atoms with E-state index < -0.39 is 0 Å². The summed E-state index contributed by atoms with van der Waals surface area (Å²) in [5, 5.41) is 3.90. The van der Waals surface area contributed by atoms with Gasteiger partial charge in [0.05, 0.1) is 12.7 Å². The fraction of sp³-hybridized carbons (Fsp3) is 0.650. The SMILES string of the molecule is CN=C(NCC(C)(C)c1ccc(F)cc1Cl)N1CCOC(C2CCCO2)C1. The Hall–Kier alpha value is -1.37. The van der Waals surface area contributed by atoms with Crippen LogP contribution in [0.15, 0.2) is 23.2 Å². The molecule has 150 valence electrons. The summed E-state index contributed by atoms with van der Waals surface area (Å²) in [5.74, 6) is 0.518. The highest BCUT2D eigenvalue weighted by atomic mass is 35.5. The predicted octanol–water partition coefficient (Wildman–Crippen LogP) is 3.21. The Morgan fingerprint density at radius 3 is 2.78 bits per heavy atom. The summed E-state index contributed by atoms with van der Waals surface area (Å²) in [7, 11) is 1.79. The predicted molar refractivity (Wildman–Crippen MR) is 106 cm³/mol. The highest BCUT2D eigenvalue weighted by Crippen LogP contribution is 2.30. The van der Waals surface area contributed by atoms with Gasteiger partial charge in [0.15, 0.2) is 5.96 Å². The molecule has 1 N–H and O–H groups in total. The summed E-state index contributed by atoms with van der Waals surface area (Å²) in [5.41, 5.74) is 0.633. The third kappa shape index (κ3) is 4.92. The quantitative estimate of drug-likeness (QED) is 0.626. The van der Waals surface area contributed by atoms with Crippen LogP contribution in [-0.4, -0.2) is 63.0 Å². The Labute approximate surface area is 165 Å². The summed E-state index contributed by atoms with van der Waals surface area (Å²) in [6.07, 6.45) is 2.42. The van der Waals surface area contributed by atoms with Gasteiger partial charge < -0.3 is 19.7 Å². The zero-order chi connectivity index (χ0) is 19.4. The maximum atomic E-state index is 13.4. The summed E-state index contributed by atoms with van der Waals surface area (Å²) in [6, 6.07) is 4.57. The minimum atomic E-state index is -0.322. The van der Waals surface area contributed by atoms with E-state index in [9.17, 15) is 4.39 Å². The van der Waals surface area contributed by atoms with Gasteiger partial charge in [-0.25, -0.2) is 4.39 Å². The van der Waals surface area contributed by atoms with Crippen molar-refractivity contribution in [2.45, 2.75) is 44.3 Å². The van der Waals surface area contributed by atoms with Crippen LogP contribution in [0.5, 0.6) is 0 Å². The molecule has 3 rings (SSSR count). The Balaban J connectivity index is 1.62. The summed E-state index contributed by atoms with van der Waals surface area (Å²) < 4.78 is 25.1. The first kappa shape index (κ1) is 20.4. The van der Waals surface area contributed by atoms with E-state index in [4.69, 9.17) is 21.1 Å². The molecule has 0 saturated carbocycles. The summed E-state index contributed by atoms with van der Waals surface area (Å²) in [4.78, 5) is 6.67. The molecule has 1 aromatic carbocycles. The third-order valence-electron chi connectivity index (χ3n) is 5.33. The fourth-order valence-corrected chi connectivity index (χ4v) is 4.18. The van der Waals surface area contributed by atoms with E-state index in [0.717, 1.165) is 44.1 Å². The molecule has 0 amide bonds. The van der Waals surface area contributed by atoms with Crippen LogP contribution in [0.2, 0.25) is 5.02 Å². The van der Waals surface area contributed by atoms with Crippen LogP contribution in [0.4, 0.5) is 4.39 Å². The molecule has 2 heterocycles. The normalized spacial score (nSPS) is 24.3. The van der Waals surface area contributed by atoms with Crippen molar-refractivity contribution in [1.82, 2.24) is 10.2 Å². The molecular weight excluding hydrogens is 369 g/mol. The molecular formula is C20H29ClFN3O2. The highest BCUT2D eigenvalue weighted by Gasteiger charge is 2.33. The standard InChI is InChI=1S/C20H29ClFN3O2/c1-20(2,15-7-6-14(22)11-16(15)21)13-24-19(23-3)25-8-10-27-18(12-25)17-5-4-9-26-17/h6-7,11,17-18H,4-5,8-10,12-13H2,1-3H3,(H,23,24). The van der Waals surface area contributed by atoms with Crippen molar-refractivity contribution in [3.63, 3.8) is 0 Å². The summed E-state index contributed by atoms with van der Waals surface area (Å²) in [6.45, 7) is 7.85. The molecule has 0 aliphatic carbocycles. The second-order valence-corrected chi connectivity index (χ2v) is 8.22. The van der Waals surface area contributed by atoms with Crippen LogP contribution >= 0.6 is 11.6 Å². The lowest BCUT2D eigenvalue weighted by Crippen LogP contribution is -2.54. The Morgan fingerprint density at radius 1 is 1.33 bits per heavy atom. The van der Waals surface area contributed by atoms with E-state index in [2.05, 4.69) is 29.1 Å². The smallest absolute Gasteiger partial charge is 0.193 e. The molecule has 5 nitrogen and oxygen atoms in total. The largest absolute Gasteiger partial charge is 0.375 e. The van der Waals surface area contributed by atoms with E-state index >= 15 is 0 Å². The fourth-order valence-electron chi connectivity index (χ4n) is 3.75. The van der Waals surface area contributed by atoms with Gasteiger partial charge in [0.1, 0.15) is 11.9 Å².